The lowest BCUT2D eigenvalue weighted by atomic mass is 10.3. The third kappa shape index (κ3) is 3.33. The average Bonchev–Trinajstić information content (AvgIpc) is 2.99. The molecule has 0 saturated heterocycles. The van der Waals surface area contributed by atoms with Crippen LogP contribution in [0.2, 0.25) is 0 Å². The van der Waals surface area contributed by atoms with Crippen molar-refractivity contribution in [3.8, 4) is 0 Å². The van der Waals surface area contributed by atoms with Crippen LogP contribution in [0.25, 0.3) is 0 Å². The number of amides is 2. The minimum Gasteiger partial charge on any atom is -0.332 e. The molecule has 0 radical (unpaired) electrons. The van der Waals surface area contributed by atoms with Crippen molar-refractivity contribution in [1.29, 1.82) is 0 Å². The zero-order chi connectivity index (χ0) is 13.0. The molecule has 0 unspecified atom stereocenters. The lowest BCUT2D eigenvalue weighted by Gasteiger charge is -2.15. The van der Waals surface area contributed by atoms with E-state index in [4.69, 9.17) is 0 Å². The molecule has 1 aliphatic heterocycles. The van der Waals surface area contributed by atoms with Gasteiger partial charge in [0.15, 0.2) is 5.17 Å². The van der Waals surface area contributed by atoms with Gasteiger partial charge >= 0.3 is 0 Å². The van der Waals surface area contributed by atoms with E-state index in [0.717, 1.165) is 12.3 Å². The van der Waals surface area contributed by atoms with E-state index in [0.29, 0.717) is 10.7 Å². The smallest absolute Gasteiger partial charge is 0.254 e. The molecule has 1 aliphatic rings. The van der Waals surface area contributed by atoms with Gasteiger partial charge in [-0.05, 0) is 11.4 Å². The van der Waals surface area contributed by atoms with Crippen molar-refractivity contribution in [3.63, 3.8) is 0 Å². The molecule has 0 aliphatic carbocycles. The van der Waals surface area contributed by atoms with Gasteiger partial charge in [-0.1, -0.05) is 11.8 Å². The Kier molecular flexibility index (Phi) is 4.38. The van der Waals surface area contributed by atoms with Gasteiger partial charge in [-0.2, -0.15) is 11.3 Å². The van der Waals surface area contributed by atoms with Crippen LogP contribution in [0.3, 0.4) is 0 Å². The molecule has 1 N–H and O–H groups in total. The number of rotatable bonds is 3. The number of likely N-dealkylation sites (N-methyl/N-ethyl adjacent to an activating group) is 1. The van der Waals surface area contributed by atoms with Crippen molar-refractivity contribution >= 4 is 40.1 Å². The summed E-state index contributed by atoms with van der Waals surface area (Å²) in [5.74, 6) is 0.542. The molecular formula is C11H13N3O2S2. The summed E-state index contributed by atoms with van der Waals surface area (Å²) in [4.78, 5) is 29.1. The normalized spacial score (nSPS) is 14.2. The van der Waals surface area contributed by atoms with Crippen molar-refractivity contribution in [3.05, 3.63) is 22.4 Å². The first-order chi connectivity index (χ1) is 8.66. The van der Waals surface area contributed by atoms with Gasteiger partial charge in [0.25, 0.3) is 5.91 Å². The number of thiophene rings is 1. The molecule has 5 nitrogen and oxygen atoms in total. The molecule has 0 saturated carbocycles. The minimum atomic E-state index is -0.214. The van der Waals surface area contributed by atoms with Crippen LogP contribution >= 0.6 is 23.1 Å². The number of carbonyl (C=O) groups excluding carboxylic acids is 2. The minimum absolute atomic E-state index is 0.0360. The van der Waals surface area contributed by atoms with E-state index in [-0.39, 0.29) is 18.4 Å². The number of thioether (sulfide) groups is 1. The van der Waals surface area contributed by atoms with Crippen molar-refractivity contribution in [2.24, 2.45) is 4.99 Å². The fourth-order valence-electron chi connectivity index (χ4n) is 1.46. The Bertz CT molecular complexity index is 471. The molecule has 0 atom stereocenters. The number of hydrogen-bond acceptors (Lipinski definition) is 5. The van der Waals surface area contributed by atoms with Gasteiger partial charge in [0, 0.05) is 18.2 Å². The van der Waals surface area contributed by atoms with Gasteiger partial charge < -0.3 is 10.2 Å². The van der Waals surface area contributed by atoms with E-state index in [9.17, 15) is 9.59 Å². The van der Waals surface area contributed by atoms with Crippen LogP contribution in [-0.4, -0.2) is 47.8 Å². The van der Waals surface area contributed by atoms with E-state index in [1.165, 1.54) is 28.0 Å². The van der Waals surface area contributed by atoms with Gasteiger partial charge in [0.1, 0.15) is 0 Å². The third-order valence-electron chi connectivity index (χ3n) is 2.33. The summed E-state index contributed by atoms with van der Waals surface area (Å²) in [6.45, 7) is 0.776. The Balaban J connectivity index is 1.85. The third-order valence-corrected chi connectivity index (χ3v) is 3.90. The van der Waals surface area contributed by atoms with Crippen molar-refractivity contribution in [2.45, 2.75) is 0 Å². The summed E-state index contributed by atoms with van der Waals surface area (Å²) in [6.07, 6.45) is 0. The van der Waals surface area contributed by atoms with Crippen LogP contribution in [-0.2, 0) is 4.79 Å². The largest absolute Gasteiger partial charge is 0.332 e. The molecule has 0 fully saturated rings. The van der Waals surface area contributed by atoms with Gasteiger partial charge in [0.05, 0.1) is 18.7 Å². The number of amidine groups is 1. The molecule has 0 aromatic carbocycles. The maximum atomic E-state index is 11.9. The molecule has 96 valence electrons. The second kappa shape index (κ2) is 6.01. The van der Waals surface area contributed by atoms with Crippen molar-refractivity contribution in [1.82, 2.24) is 10.2 Å². The van der Waals surface area contributed by atoms with Gasteiger partial charge in [-0.3, -0.25) is 14.6 Å². The fraction of sp³-hybridized carbons (Fsp3) is 0.364. The summed E-state index contributed by atoms with van der Waals surface area (Å²) >= 11 is 2.98. The number of hydrogen-bond donors (Lipinski definition) is 1. The zero-order valence-electron chi connectivity index (χ0n) is 9.88. The highest BCUT2D eigenvalue weighted by molar-refractivity contribution is 8.14. The Hall–Kier alpha value is -1.34. The highest BCUT2D eigenvalue weighted by atomic mass is 32.2. The second-order valence-electron chi connectivity index (χ2n) is 3.76. The molecule has 0 spiro atoms. The van der Waals surface area contributed by atoms with Crippen LogP contribution in [0.15, 0.2) is 21.8 Å². The van der Waals surface area contributed by atoms with E-state index in [1.807, 2.05) is 5.38 Å². The number of carbonyl (C=O) groups is 2. The highest BCUT2D eigenvalue weighted by Gasteiger charge is 2.17. The molecule has 1 aromatic rings. The van der Waals surface area contributed by atoms with Crippen LogP contribution < -0.4 is 5.32 Å². The molecule has 18 heavy (non-hydrogen) atoms. The standard InChI is InChI=1S/C11H13N3O2S2/c1-14(10(16)8-2-4-17-7-8)6-9(15)13-11-12-3-5-18-11/h2,4,7H,3,5-6H2,1H3,(H,12,13,15). The lowest BCUT2D eigenvalue weighted by molar-refractivity contribution is -0.120. The quantitative estimate of drug-likeness (QED) is 0.901. The summed E-state index contributed by atoms with van der Waals surface area (Å²) in [7, 11) is 1.61. The van der Waals surface area contributed by atoms with Crippen LogP contribution in [0, 0.1) is 0 Å². The van der Waals surface area contributed by atoms with E-state index < -0.39 is 0 Å². The van der Waals surface area contributed by atoms with E-state index in [2.05, 4.69) is 10.3 Å². The Morgan fingerprint density at radius 1 is 1.56 bits per heavy atom. The number of nitrogens with one attached hydrogen (secondary N) is 1. The van der Waals surface area contributed by atoms with E-state index >= 15 is 0 Å². The van der Waals surface area contributed by atoms with Gasteiger partial charge in [0.2, 0.25) is 5.91 Å². The van der Waals surface area contributed by atoms with Crippen LogP contribution in [0.1, 0.15) is 10.4 Å². The zero-order valence-corrected chi connectivity index (χ0v) is 11.5. The summed E-state index contributed by atoms with van der Waals surface area (Å²) in [5.41, 5.74) is 0.614. The van der Waals surface area contributed by atoms with E-state index in [1.54, 1.807) is 18.5 Å². The van der Waals surface area contributed by atoms with Gasteiger partial charge in [-0.15, -0.1) is 0 Å². The fourth-order valence-corrected chi connectivity index (χ4v) is 2.84. The molecule has 0 bridgehead atoms. The highest BCUT2D eigenvalue weighted by Crippen LogP contribution is 2.10. The summed E-state index contributed by atoms with van der Waals surface area (Å²) in [5, 5.41) is 6.95. The predicted molar refractivity (Wildman–Crippen MR) is 74.2 cm³/mol. The Labute approximate surface area is 113 Å². The first-order valence-electron chi connectivity index (χ1n) is 5.41. The molecule has 7 heteroatoms. The van der Waals surface area contributed by atoms with Crippen LogP contribution in [0.4, 0.5) is 0 Å². The van der Waals surface area contributed by atoms with Crippen LogP contribution in [0.5, 0.6) is 0 Å². The average molecular weight is 283 g/mol. The van der Waals surface area contributed by atoms with Crippen molar-refractivity contribution < 1.29 is 9.59 Å². The molecule has 1 aromatic heterocycles. The molecule has 2 heterocycles. The van der Waals surface area contributed by atoms with Gasteiger partial charge in [-0.25, -0.2) is 0 Å². The summed E-state index contributed by atoms with van der Waals surface area (Å²) < 4.78 is 0. The SMILES string of the molecule is CN(CC(=O)NC1=NCCS1)C(=O)c1ccsc1. The Morgan fingerprint density at radius 3 is 3.00 bits per heavy atom. The lowest BCUT2D eigenvalue weighted by Crippen LogP contribution is -2.39. The maximum Gasteiger partial charge on any atom is 0.254 e. The first kappa shape index (κ1) is 13.1. The Morgan fingerprint density at radius 2 is 2.39 bits per heavy atom. The number of nitrogens with zero attached hydrogens (tertiary/aromatic N) is 2. The number of aliphatic imine (C=N–C) groups is 1. The summed E-state index contributed by atoms with van der Waals surface area (Å²) in [6, 6.07) is 1.75. The van der Waals surface area contributed by atoms with Crippen molar-refractivity contribution in [2.75, 3.05) is 25.9 Å². The predicted octanol–water partition coefficient (Wildman–Crippen LogP) is 1.04. The molecule has 2 amide bonds. The molecule has 2 rings (SSSR count). The topological polar surface area (TPSA) is 61.8 Å². The molecular weight excluding hydrogens is 270 g/mol. The monoisotopic (exact) mass is 283 g/mol. The second-order valence-corrected chi connectivity index (χ2v) is 5.62. The maximum absolute atomic E-state index is 11.9. The first-order valence-corrected chi connectivity index (χ1v) is 7.34.